The number of amides is 1. The van der Waals surface area contributed by atoms with E-state index >= 15 is 0 Å². The van der Waals surface area contributed by atoms with Crippen LogP contribution >= 0.6 is 0 Å². The Balaban J connectivity index is 1.97. The first-order valence-electron chi connectivity index (χ1n) is 6.59. The first kappa shape index (κ1) is 13.9. The summed E-state index contributed by atoms with van der Waals surface area (Å²) in [7, 11) is 0. The summed E-state index contributed by atoms with van der Waals surface area (Å²) in [5, 5.41) is 3.64. The monoisotopic (exact) mass is 299 g/mol. The third kappa shape index (κ3) is 2.56. The SMILES string of the molecule is NC(=O)CNc1ncc(-c2c[nH]c3cc(F)ccc23)cc1N. The Morgan fingerprint density at radius 3 is 2.91 bits per heavy atom. The number of nitrogens with zero attached hydrogens (tertiary/aromatic N) is 1. The summed E-state index contributed by atoms with van der Waals surface area (Å²) in [4.78, 5) is 18.0. The van der Waals surface area contributed by atoms with E-state index in [1.807, 2.05) is 0 Å². The Hall–Kier alpha value is -3.09. The van der Waals surface area contributed by atoms with Gasteiger partial charge in [0.25, 0.3) is 0 Å². The fraction of sp³-hybridized carbons (Fsp3) is 0.0667. The number of carbonyl (C=O) groups excluding carboxylic acids is 1. The smallest absolute Gasteiger partial charge is 0.236 e. The van der Waals surface area contributed by atoms with E-state index in [1.165, 1.54) is 12.1 Å². The maximum Gasteiger partial charge on any atom is 0.236 e. The molecule has 0 aliphatic rings. The summed E-state index contributed by atoms with van der Waals surface area (Å²) in [5.74, 6) is -0.401. The minimum absolute atomic E-state index is 0.0388. The Kier molecular flexibility index (Phi) is 3.38. The number of nitrogens with two attached hydrogens (primary N) is 2. The van der Waals surface area contributed by atoms with Crippen molar-refractivity contribution in [3.63, 3.8) is 0 Å². The molecule has 0 saturated heterocycles. The molecule has 0 radical (unpaired) electrons. The molecule has 0 spiro atoms. The quantitative estimate of drug-likeness (QED) is 0.589. The van der Waals surface area contributed by atoms with Crippen molar-refractivity contribution in [1.82, 2.24) is 9.97 Å². The summed E-state index contributed by atoms with van der Waals surface area (Å²) in [6, 6.07) is 6.27. The van der Waals surface area contributed by atoms with Crippen molar-refractivity contribution in [3.8, 4) is 11.1 Å². The van der Waals surface area contributed by atoms with Crippen molar-refractivity contribution < 1.29 is 9.18 Å². The molecule has 7 heteroatoms. The molecule has 1 amide bonds. The Morgan fingerprint density at radius 1 is 1.36 bits per heavy atom. The molecule has 3 rings (SSSR count). The highest BCUT2D eigenvalue weighted by molar-refractivity contribution is 5.96. The van der Waals surface area contributed by atoms with Gasteiger partial charge in [-0.3, -0.25) is 4.79 Å². The number of H-pyrrole nitrogens is 1. The standard InChI is InChI=1S/C15H14FN5O/c16-9-1-2-10-11(6-19-13(10)4-9)8-3-12(17)15(20-5-8)21-7-14(18)22/h1-6,19H,7,17H2,(H2,18,22)(H,20,21). The van der Waals surface area contributed by atoms with Gasteiger partial charge in [0.2, 0.25) is 5.91 Å². The maximum atomic E-state index is 13.2. The van der Waals surface area contributed by atoms with Gasteiger partial charge in [0.1, 0.15) is 11.6 Å². The first-order chi connectivity index (χ1) is 10.5. The number of primary amides is 1. The molecule has 2 aromatic heterocycles. The predicted octanol–water partition coefficient (Wildman–Crippen LogP) is 1.85. The van der Waals surface area contributed by atoms with Crippen LogP contribution in [0.3, 0.4) is 0 Å². The second-order valence-electron chi connectivity index (χ2n) is 4.87. The van der Waals surface area contributed by atoms with Crippen LogP contribution in [0.4, 0.5) is 15.9 Å². The van der Waals surface area contributed by atoms with Crippen LogP contribution in [0.2, 0.25) is 0 Å². The number of nitrogens with one attached hydrogen (secondary N) is 2. The average molecular weight is 299 g/mol. The molecular formula is C15H14FN5O. The first-order valence-corrected chi connectivity index (χ1v) is 6.59. The predicted molar refractivity (Wildman–Crippen MR) is 83.6 cm³/mol. The van der Waals surface area contributed by atoms with Gasteiger partial charge < -0.3 is 21.8 Å². The van der Waals surface area contributed by atoms with E-state index in [2.05, 4.69) is 15.3 Å². The highest BCUT2D eigenvalue weighted by Crippen LogP contribution is 2.31. The minimum atomic E-state index is -0.496. The molecular weight excluding hydrogens is 285 g/mol. The van der Waals surface area contributed by atoms with Gasteiger partial charge in [0, 0.05) is 34.4 Å². The molecule has 6 N–H and O–H groups in total. The van der Waals surface area contributed by atoms with Gasteiger partial charge >= 0.3 is 0 Å². The average Bonchev–Trinajstić information content (AvgIpc) is 2.88. The van der Waals surface area contributed by atoms with Gasteiger partial charge in [-0.05, 0) is 24.3 Å². The zero-order chi connectivity index (χ0) is 15.7. The van der Waals surface area contributed by atoms with Crippen molar-refractivity contribution in [2.75, 3.05) is 17.6 Å². The third-order valence-electron chi connectivity index (χ3n) is 3.30. The molecule has 22 heavy (non-hydrogen) atoms. The van der Waals surface area contributed by atoms with Crippen LogP contribution in [0.5, 0.6) is 0 Å². The van der Waals surface area contributed by atoms with E-state index in [4.69, 9.17) is 11.5 Å². The normalized spacial score (nSPS) is 10.8. The second-order valence-corrected chi connectivity index (χ2v) is 4.87. The molecule has 0 aliphatic carbocycles. The Bertz CT molecular complexity index is 858. The number of halogens is 1. The number of benzene rings is 1. The van der Waals surface area contributed by atoms with Crippen molar-refractivity contribution in [2.24, 2.45) is 5.73 Å². The number of fused-ring (bicyclic) bond motifs is 1. The fourth-order valence-electron chi connectivity index (χ4n) is 2.28. The number of carbonyl (C=O) groups is 1. The zero-order valence-electron chi connectivity index (χ0n) is 11.6. The van der Waals surface area contributed by atoms with Crippen molar-refractivity contribution in [3.05, 3.63) is 42.5 Å². The Labute approximate surface area is 125 Å². The Morgan fingerprint density at radius 2 is 2.18 bits per heavy atom. The number of hydrogen-bond acceptors (Lipinski definition) is 4. The number of hydrogen-bond donors (Lipinski definition) is 4. The van der Waals surface area contributed by atoms with E-state index in [0.717, 1.165) is 16.5 Å². The number of anilines is 2. The van der Waals surface area contributed by atoms with E-state index < -0.39 is 5.91 Å². The van der Waals surface area contributed by atoms with Crippen LogP contribution in [0, 0.1) is 5.82 Å². The largest absolute Gasteiger partial charge is 0.396 e. The van der Waals surface area contributed by atoms with Crippen LogP contribution in [0.25, 0.3) is 22.0 Å². The lowest BCUT2D eigenvalue weighted by Gasteiger charge is -2.08. The number of aromatic nitrogens is 2. The van der Waals surface area contributed by atoms with Crippen LogP contribution in [0.1, 0.15) is 0 Å². The number of pyridine rings is 1. The topological polar surface area (TPSA) is 110 Å². The number of rotatable bonds is 4. The molecule has 0 atom stereocenters. The molecule has 6 nitrogen and oxygen atoms in total. The highest BCUT2D eigenvalue weighted by atomic mass is 19.1. The van der Waals surface area contributed by atoms with Gasteiger partial charge in [-0.2, -0.15) is 0 Å². The van der Waals surface area contributed by atoms with Crippen molar-refractivity contribution in [1.29, 1.82) is 0 Å². The summed E-state index contributed by atoms with van der Waals surface area (Å²) in [5.41, 5.74) is 13.8. The molecule has 112 valence electrons. The number of aromatic amines is 1. The molecule has 3 aromatic rings. The van der Waals surface area contributed by atoms with Crippen LogP contribution in [0.15, 0.2) is 36.7 Å². The van der Waals surface area contributed by atoms with E-state index in [0.29, 0.717) is 17.0 Å². The second kappa shape index (κ2) is 5.36. The van der Waals surface area contributed by atoms with Crippen molar-refractivity contribution in [2.45, 2.75) is 0 Å². The fourth-order valence-corrected chi connectivity index (χ4v) is 2.28. The number of nitrogen functional groups attached to an aromatic ring is 1. The summed E-state index contributed by atoms with van der Waals surface area (Å²) in [6.07, 6.45) is 3.41. The minimum Gasteiger partial charge on any atom is -0.396 e. The van der Waals surface area contributed by atoms with Gasteiger partial charge in [-0.25, -0.2) is 9.37 Å². The van der Waals surface area contributed by atoms with Crippen LogP contribution in [-0.2, 0) is 4.79 Å². The summed E-state index contributed by atoms with van der Waals surface area (Å²) < 4.78 is 13.2. The molecule has 0 unspecified atom stereocenters. The van der Waals surface area contributed by atoms with Gasteiger partial charge in [-0.15, -0.1) is 0 Å². The molecule has 1 aromatic carbocycles. The lowest BCUT2D eigenvalue weighted by atomic mass is 10.1. The molecule has 0 fully saturated rings. The molecule has 0 bridgehead atoms. The van der Waals surface area contributed by atoms with Gasteiger partial charge in [0.05, 0.1) is 12.2 Å². The summed E-state index contributed by atoms with van der Waals surface area (Å²) in [6.45, 7) is -0.0388. The lowest BCUT2D eigenvalue weighted by molar-refractivity contribution is -0.116. The van der Waals surface area contributed by atoms with E-state index in [1.54, 1.807) is 24.5 Å². The third-order valence-corrected chi connectivity index (χ3v) is 3.30. The van der Waals surface area contributed by atoms with Crippen molar-refractivity contribution >= 4 is 28.3 Å². The van der Waals surface area contributed by atoms with Gasteiger partial charge in [-0.1, -0.05) is 0 Å². The molecule has 0 saturated carbocycles. The van der Waals surface area contributed by atoms with Gasteiger partial charge in [0.15, 0.2) is 0 Å². The van der Waals surface area contributed by atoms with E-state index in [-0.39, 0.29) is 12.4 Å². The molecule has 2 heterocycles. The lowest BCUT2D eigenvalue weighted by Crippen LogP contribution is -2.22. The zero-order valence-corrected chi connectivity index (χ0v) is 11.6. The summed E-state index contributed by atoms with van der Waals surface area (Å²) >= 11 is 0. The van der Waals surface area contributed by atoms with Crippen LogP contribution < -0.4 is 16.8 Å². The van der Waals surface area contributed by atoms with E-state index in [9.17, 15) is 9.18 Å². The molecule has 0 aliphatic heterocycles. The van der Waals surface area contributed by atoms with Crippen LogP contribution in [-0.4, -0.2) is 22.4 Å². The maximum absolute atomic E-state index is 13.2. The highest BCUT2D eigenvalue weighted by Gasteiger charge is 2.10.